The molecule has 19 heavy (non-hydrogen) atoms. The van der Waals surface area contributed by atoms with Crippen molar-refractivity contribution in [3.05, 3.63) is 51.5 Å². The highest BCUT2D eigenvalue weighted by Crippen LogP contribution is 2.36. The third-order valence-electron chi connectivity index (χ3n) is 3.41. The van der Waals surface area contributed by atoms with Crippen LogP contribution < -0.4 is 5.32 Å². The van der Waals surface area contributed by atoms with Gasteiger partial charge in [0.15, 0.2) is 0 Å². The van der Waals surface area contributed by atoms with Gasteiger partial charge in [0.2, 0.25) is 0 Å². The third-order valence-corrected chi connectivity index (χ3v) is 5.18. The van der Waals surface area contributed by atoms with Crippen LogP contribution in [0.2, 0.25) is 0 Å². The van der Waals surface area contributed by atoms with Crippen molar-refractivity contribution < 1.29 is 4.79 Å². The molecule has 2 aromatic rings. The maximum atomic E-state index is 12.3. The Hall–Kier alpha value is -1.20. The number of thiazole rings is 1. The Morgan fingerprint density at radius 3 is 3.00 bits per heavy atom. The topological polar surface area (TPSA) is 42.0 Å². The highest BCUT2D eigenvalue weighted by molar-refractivity contribution is 9.09. The van der Waals surface area contributed by atoms with Gasteiger partial charge in [0.05, 0.1) is 17.2 Å². The lowest BCUT2D eigenvalue weighted by molar-refractivity contribution is 0.0941. The molecule has 1 aliphatic carbocycles. The molecule has 1 N–H and O–H groups in total. The molecule has 0 saturated carbocycles. The number of carbonyl (C=O) groups excluding carboxylic acids is 1. The molecule has 0 fully saturated rings. The number of hydrogen-bond acceptors (Lipinski definition) is 3. The monoisotopic (exact) mass is 336 g/mol. The number of nitrogens with zero attached hydrogens (tertiary/aromatic N) is 1. The van der Waals surface area contributed by atoms with Crippen LogP contribution in [0.4, 0.5) is 0 Å². The van der Waals surface area contributed by atoms with E-state index in [0.717, 1.165) is 12.1 Å². The zero-order chi connectivity index (χ0) is 13.4. The fourth-order valence-electron chi connectivity index (χ4n) is 2.44. The molecule has 98 valence electrons. The summed E-state index contributed by atoms with van der Waals surface area (Å²) in [4.78, 5) is 17.3. The molecule has 0 radical (unpaired) electrons. The number of alkyl halides is 1. The predicted molar refractivity (Wildman–Crippen MR) is 79.9 cm³/mol. The molecule has 0 saturated heterocycles. The number of halogens is 1. The van der Waals surface area contributed by atoms with Crippen LogP contribution in [0.1, 0.15) is 32.5 Å². The van der Waals surface area contributed by atoms with Gasteiger partial charge in [-0.05, 0) is 24.5 Å². The van der Waals surface area contributed by atoms with Crippen LogP contribution in [-0.4, -0.2) is 15.7 Å². The second-order valence-electron chi connectivity index (χ2n) is 4.64. The summed E-state index contributed by atoms with van der Waals surface area (Å²) < 4.78 is 0. The van der Waals surface area contributed by atoms with E-state index in [4.69, 9.17) is 0 Å². The van der Waals surface area contributed by atoms with Gasteiger partial charge in [-0.1, -0.05) is 40.2 Å². The van der Waals surface area contributed by atoms with E-state index in [2.05, 4.69) is 38.4 Å². The van der Waals surface area contributed by atoms with E-state index in [9.17, 15) is 4.79 Å². The second kappa shape index (κ2) is 5.06. The summed E-state index contributed by atoms with van der Waals surface area (Å²) in [5.41, 5.74) is 5.01. The van der Waals surface area contributed by atoms with Crippen molar-refractivity contribution >= 4 is 33.2 Å². The zero-order valence-electron chi connectivity index (χ0n) is 10.4. The standard InChI is InChI=1S/C14H13BrN2OS/c1-8-13(19-7-16-8)14(18)17-12-10-5-3-2-4-9(10)6-11(12)15/h2-5,7,11-12H,6H2,1H3,(H,17,18). The first-order valence-electron chi connectivity index (χ1n) is 6.09. The molecular formula is C14H13BrN2OS. The van der Waals surface area contributed by atoms with Gasteiger partial charge in [-0.2, -0.15) is 0 Å². The molecule has 1 aromatic carbocycles. The number of carbonyl (C=O) groups is 1. The summed E-state index contributed by atoms with van der Waals surface area (Å²) in [7, 11) is 0. The quantitative estimate of drug-likeness (QED) is 0.855. The van der Waals surface area contributed by atoms with Gasteiger partial charge in [-0.15, -0.1) is 11.3 Å². The summed E-state index contributed by atoms with van der Waals surface area (Å²) in [6.07, 6.45) is 0.947. The van der Waals surface area contributed by atoms with Gasteiger partial charge in [0, 0.05) is 4.83 Å². The maximum absolute atomic E-state index is 12.3. The summed E-state index contributed by atoms with van der Waals surface area (Å²) in [5, 5.41) is 3.11. The van der Waals surface area contributed by atoms with Gasteiger partial charge in [-0.25, -0.2) is 4.98 Å². The molecule has 3 nitrogen and oxygen atoms in total. The van der Waals surface area contributed by atoms with Gasteiger partial charge in [-0.3, -0.25) is 4.79 Å². The Morgan fingerprint density at radius 2 is 2.26 bits per heavy atom. The van der Waals surface area contributed by atoms with E-state index in [1.807, 2.05) is 19.1 Å². The average Bonchev–Trinajstić information content (AvgIpc) is 2.94. The van der Waals surface area contributed by atoms with Gasteiger partial charge in [0.1, 0.15) is 4.88 Å². The van der Waals surface area contributed by atoms with Crippen molar-refractivity contribution in [2.75, 3.05) is 0 Å². The number of aromatic nitrogens is 1. The number of amides is 1. The normalized spacial score (nSPS) is 21.2. The Balaban J connectivity index is 1.84. The van der Waals surface area contributed by atoms with Crippen LogP contribution in [0.3, 0.4) is 0 Å². The maximum Gasteiger partial charge on any atom is 0.263 e. The first kappa shape index (κ1) is 12.8. The summed E-state index contributed by atoms with van der Waals surface area (Å²) in [6, 6.07) is 8.29. The number of aryl methyl sites for hydroxylation is 1. The van der Waals surface area contributed by atoms with Crippen LogP contribution in [0.15, 0.2) is 29.8 Å². The van der Waals surface area contributed by atoms with Crippen molar-refractivity contribution in [2.45, 2.75) is 24.2 Å². The highest BCUT2D eigenvalue weighted by Gasteiger charge is 2.32. The SMILES string of the molecule is Cc1ncsc1C(=O)NC1c2ccccc2CC1Br. The van der Waals surface area contributed by atoms with Crippen LogP contribution >= 0.6 is 27.3 Å². The Labute approximate surface area is 124 Å². The Kier molecular flexibility index (Phi) is 3.41. The minimum atomic E-state index is -0.0360. The summed E-state index contributed by atoms with van der Waals surface area (Å²) in [5.74, 6) is -0.0360. The second-order valence-corrected chi connectivity index (χ2v) is 6.67. The van der Waals surface area contributed by atoms with Crippen molar-refractivity contribution in [2.24, 2.45) is 0 Å². The minimum absolute atomic E-state index is 0.0326. The molecule has 1 amide bonds. The summed E-state index contributed by atoms with van der Waals surface area (Å²) >= 11 is 5.05. The van der Waals surface area contributed by atoms with Gasteiger partial charge < -0.3 is 5.32 Å². The first-order chi connectivity index (χ1) is 9.16. The average molecular weight is 337 g/mol. The number of benzene rings is 1. The molecule has 2 unspecified atom stereocenters. The molecule has 0 spiro atoms. The molecule has 0 bridgehead atoms. The molecule has 1 aromatic heterocycles. The Morgan fingerprint density at radius 1 is 1.47 bits per heavy atom. The molecule has 2 atom stereocenters. The molecular weight excluding hydrogens is 324 g/mol. The van der Waals surface area contributed by atoms with E-state index in [1.54, 1.807) is 5.51 Å². The van der Waals surface area contributed by atoms with Gasteiger partial charge in [0.25, 0.3) is 5.91 Å². The number of fused-ring (bicyclic) bond motifs is 1. The van der Waals surface area contributed by atoms with Crippen LogP contribution in [0, 0.1) is 6.92 Å². The molecule has 0 aliphatic heterocycles. The zero-order valence-corrected chi connectivity index (χ0v) is 12.8. The molecule has 1 heterocycles. The largest absolute Gasteiger partial charge is 0.343 e. The number of hydrogen-bond donors (Lipinski definition) is 1. The van der Waals surface area contributed by atoms with Crippen LogP contribution in [0.5, 0.6) is 0 Å². The fourth-order valence-corrected chi connectivity index (χ4v) is 3.91. The van der Waals surface area contributed by atoms with E-state index >= 15 is 0 Å². The molecule has 1 aliphatic rings. The van der Waals surface area contributed by atoms with Crippen LogP contribution in [-0.2, 0) is 6.42 Å². The smallest absolute Gasteiger partial charge is 0.263 e. The molecule has 3 rings (SSSR count). The van der Waals surface area contributed by atoms with E-state index in [-0.39, 0.29) is 16.8 Å². The number of rotatable bonds is 2. The van der Waals surface area contributed by atoms with Crippen molar-refractivity contribution in [1.82, 2.24) is 10.3 Å². The lowest BCUT2D eigenvalue weighted by atomic mass is 10.1. The van der Waals surface area contributed by atoms with Crippen LogP contribution in [0.25, 0.3) is 0 Å². The van der Waals surface area contributed by atoms with Gasteiger partial charge >= 0.3 is 0 Å². The first-order valence-corrected chi connectivity index (χ1v) is 7.89. The minimum Gasteiger partial charge on any atom is -0.343 e. The van der Waals surface area contributed by atoms with E-state index in [0.29, 0.717) is 4.88 Å². The summed E-state index contributed by atoms with van der Waals surface area (Å²) in [6.45, 7) is 1.86. The lowest BCUT2D eigenvalue weighted by Crippen LogP contribution is -2.31. The number of nitrogens with one attached hydrogen (secondary N) is 1. The highest BCUT2D eigenvalue weighted by atomic mass is 79.9. The van der Waals surface area contributed by atoms with E-state index in [1.165, 1.54) is 22.5 Å². The van der Waals surface area contributed by atoms with E-state index < -0.39 is 0 Å². The van der Waals surface area contributed by atoms with Crippen molar-refractivity contribution in [1.29, 1.82) is 0 Å². The Bertz CT molecular complexity index is 625. The van der Waals surface area contributed by atoms with Crippen molar-refractivity contribution in [3.8, 4) is 0 Å². The third kappa shape index (κ3) is 2.32. The molecule has 5 heteroatoms. The fraction of sp³-hybridized carbons (Fsp3) is 0.286. The predicted octanol–water partition coefficient (Wildman–Crippen LogP) is 3.24. The van der Waals surface area contributed by atoms with Crippen molar-refractivity contribution in [3.63, 3.8) is 0 Å². The lowest BCUT2D eigenvalue weighted by Gasteiger charge is -2.17.